The van der Waals surface area contributed by atoms with Gasteiger partial charge in [-0.05, 0) is 41.5 Å². The summed E-state index contributed by atoms with van der Waals surface area (Å²) in [5.74, 6) is 0. The first-order chi connectivity index (χ1) is 9.39. The Balaban J connectivity index is 3.79. The number of hydrogen-bond acceptors (Lipinski definition) is 6. The van der Waals surface area contributed by atoms with Crippen molar-refractivity contribution in [2.24, 2.45) is 0 Å². The van der Waals surface area contributed by atoms with Crippen LogP contribution in [0.2, 0.25) is 0 Å². The minimum absolute atomic E-state index is 0.0646. The molecular formula is C13H26N2O6. The Labute approximate surface area is 125 Å². The number of aliphatic hydroxyl groups excluding tert-OH is 1. The number of rotatable bonds is 5. The molecule has 0 aromatic rings. The molecule has 8 heteroatoms. The smallest absolute Gasteiger partial charge is 0.431 e. The van der Waals surface area contributed by atoms with Crippen molar-refractivity contribution in [1.29, 1.82) is 0 Å². The summed E-state index contributed by atoms with van der Waals surface area (Å²) >= 11 is 0. The lowest BCUT2D eigenvalue weighted by molar-refractivity contribution is -0.0357. The average Bonchev–Trinajstić information content (AvgIpc) is 2.21. The van der Waals surface area contributed by atoms with Crippen LogP contribution in [0.5, 0.6) is 0 Å². The average molecular weight is 306 g/mol. The third-order valence-electron chi connectivity index (χ3n) is 1.71. The standard InChI is InChI=1S/C13H26N2O6/c1-12(2,3)20-10(17)14-7-9(16)8-19-15-11(18)21-13(4,5)6/h9,16H,7-8H2,1-6H3,(H,14,17)(H,15,18). The molecule has 0 aromatic heterocycles. The molecular weight excluding hydrogens is 280 g/mol. The fourth-order valence-electron chi connectivity index (χ4n) is 1.07. The number of aliphatic hydroxyl groups is 1. The van der Waals surface area contributed by atoms with E-state index in [-0.39, 0.29) is 13.2 Å². The number of carbonyl (C=O) groups is 2. The van der Waals surface area contributed by atoms with Gasteiger partial charge >= 0.3 is 12.2 Å². The van der Waals surface area contributed by atoms with E-state index in [1.165, 1.54) is 0 Å². The van der Waals surface area contributed by atoms with E-state index in [9.17, 15) is 14.7 Å². The highest BCUT2D eigenvalue weighted by Gasteiger charge is 2.18. The topological polar surface area (TPSA) is 106 Å². The van der Waals surface area contributed by atoms with Gasteiger partial charge in [-0.3, -0.25) is 4.84 Å². The fraction of sp³-hybridized carbons (Fsp3) is 0.846. The molecule has 21 heavy (non-hydrogen) atoms. The van der Waals surface area contributed by atoms with Crippen molar-refractivity contribution in [2.45, 2.75) is 58.8 Å². The molecule has 0 aliphatic heterocycles. The Kier molecular flexibility index (Phi) is 7.45. The van der Waals surface area contributed by atoms with Crippen LogP contribution >= 0.6 is 0 Å². The molecule has 0 bridgehead atoms. The summed E-state index contributed by atoms with van der Waals surface area (Å²) in [7, 11) is 0. The predicted molar refractivity (Wildman–Crippen MR) is 75.6 cm³/mol. The number of hydroxylamine groups is 1. The molecule has 0 radical (unpaired) electrons. The lowest BCUT2D eigenvalue weighted by atomic mass is 10.2. The van der Waals surface area contributed by atoms with Crippen molar-refractivity contribution >= 4 is 12.2 Å². The van der Waals surface area contributed by atoms with Crippen molar-refractivity contribution < 1.29 is 29.0 Å². The zero-order chi connectivity index (χ0) is 16.7. The summed E-state index contributed by atoms with van der Waals surface area (Å²) in [4.78, 5) is 27.3. The largest absolute Gasteiger partial charge is 0.444 e. The van der Waals surface area contributed by atoms with E-state index in [1.54, 1.807) is 41.5 Å². The Morgan fingerprint density at radius 1 is 1.00 bits per heavy atom. The van der Waals surface area contributed by atoms with Crippen LogP contribution < -0.4 is 10.8 Å². The SMILES string of the molecule is CC(C)(C)OC(=O)NCC(O)CONC(=O)OC(C)(C)C. The molecule has 1 unspecified atom stereocenters. The maximum absolute atomic E-state index is 11.3. The maximum Gasteiger partial charge on any atom is 0.431 e. The predicted octanol–water partition coefficient (Wildman–Crippen LogP) is 1.33. The number of carbonyl (C=O) groups excluding carboxylic acids is 2. The molecule has 3 N–H and O–H groups in total. The van der Waals surface area contributed by atoms with Gasteiger partial charge in [-0.15, -0.1) is 0 Å². The van der Waals surface area contributed by atoms with E-state index < -0.39 is 29.5 Å². The second-order valence-corrected chi connectivity index (χ2v) is 6.45. The van der Waals surface area contributed by atoms with Crippen molar-refractivity contribution in [2.75, 3.05) is 13.2 Å². The van der Waals surface area contributed by atoms with E-state index in [4.69, 9.17) is 14.3 Å². The second kappa shape index (κ2) is 8.04. The summed E-state index contributed by atoms with van der Waals surface area (Å²) in [5.41, 5.74) is 0.789. The normalized spacial score (nSPS) is 13.3. The molecule has 8 nitrogen and oxygen atoms in total. The van der Waals surface area contributed by atoms with Crippen molar-refractivity contribution in [1.82, 2.24) is 10.8 Å². The van der Waals surface area contributed by atoms with Crippen molar-refractivity contribution in [3.63, 3.8) is 0 Å². The molecule has 124 valence electrons. The third kappa shape index (κ3) is 13.2. The highest BCUT2D eigenvalue weighted by Crippen LogP contribution is 2.07. The quantitative estimate of drug-likeness (QED) is 0.662. The van der Waals surface area contributed by atoms with Crippen LogP contribution in [-0.2, 0) is 14.3 Å². The zero-order valence-corrected chi connectivity index (χ0v) is 13.5. The molecule has 0 aliphatic carbocycles. The number of hydrogen-bond donors (Lipinski definition) is 3. The van der Waals surface area contributed by atoms with Gasteiger partial charge in [-0.25, -0.2) is 9.59 Å². The number of amides is 2. The van der Waals surface area contributed by atoms with E-state index in [0.29, 0.717) is 0 Å². The molecule has 1 atom stereocenters. The first-order valence-corrected chi connectivity index (χ1v) is 6.65. The van der Waals surface area contributed by atoms with Gasteiger partial charge in [-0.1, -0.05) is 0 Å². The Bertz CT molecular complexity index is 346. The highest BCUT2D eigenvalue weighted by atomic mass is 16.7. The Hall–Kier alpha value is -1.54. The van der Waals surface area contributed by atoms with Crippen LogP contribution in [0.3, 0.4) is 0 Å². The molecule has 0 fully saturated rings. The zero-order valence-electron chi connectivity index (χ0n) is 13.5. The van der Waals surface area contributed by atoms with Gasteiger partial charge < -0.3 is 19.9 Å². The van der Waals surface area contributed by atoms with Gasteiger partial charge in [0.15, 0.2) is 0 Å². The molecule has 0 aromatic carbocycles. The number of nitrogens with one attached hydrogen (secondary N) is 2. The second-order valence-electron chi connectivity index (χ2n) is 6.45. The first-order valence-electron chi connectivity index (χ1n) is 6.65. The third-order valence-corrected chi connectivity index (χ3v) is 1.71. The summed E-state index contributed by atoms with van der Waals surface area (Å²) in [5, 5.41) is 11.9. The maximum atomic E-state index is 11.3. The summed E-state index contributed by atoms with van der Waals surface area (Å²) in [6.45, 7) is 10.1. The van der Waals surface area contributed by atoms with Crippen LogP contribution in [0.25, 0.3) is 0 Å². The summed E-state index contributed by atoms with van der Waals surface area (Å²) in [6.07, 6.45) is -2.39. The van der Waals surface area contributed by atoms with E-state index in [2.05, 4.69) is 5.32 Å². The van der Waals surface area contributed by atoms with Gasteiger partial charge in [0.2, 0.25) is 0 Å². The van der Waals surface area contributed by atoms with Crippen molar-refractivity contribution in [3.8, 4) is 0 Å². The van der Waals surface area contributed by atoms with Gasteiger partial charge in [0.25, 0.3) is 0 Å². The van der Waals surface area contributed by atoms with Crippen LogP contribution in [0, 0.1) is 0 Å². The molecule has 0 heterocycles. The first kappa shape index (κ1) is 19.5. The molecule has 0 saturated heterocycles. The Morgan fingerprint density at radius 3 is 1.95 bits per heavy atom. The number of ether oxygens (including phenoxy) is 2. The van der Waals surface area contributed by atoms with E-state index >= 15 is 0 Å². The summed E-state index contributed by atoms with van der Waals surface area (Å²) in [6, 6.07) is 0. The molecule has 2 amide bonds. The minimum Gasteiger partial charge on any atom is -0.444 e. The molecule has 0 rings (SSSR count). The van der Waals surface area contributed by atoms with Gasteiger partial charge in [0, 0.05) is 6.54 Å². The van der Waals surface area contributed by atoms with Crippen LogP contribution in [0.15, 0.2) is 0 Å². The van der Waals surface area contributed by atoms with Gasteiger partial charge in [0.05, 0.1) is 6.10 Å². The van der Waals surface area contributed by atoms with Crippen LogP contribution in [0.1, 0.15) is 41.5 Å². The molecule has 0 saturated carbocycles. The van der Waals surface area contributed by atoms with Gasteiger partial charge in [0.1, 0.15) is 17.8 Å². The lowest BCUT2D eigenvalue weighted by Gasteiger charge is -2.21. The Morgan fingerprint density at radius 2 is 1.48 bits per heavy atom. The highest BCUT2D eigenvalue weighted by molar-refractivity contribution is 5.67. The molecule has 0 aliphatic rings. The van der Waals surface area contributed by atoms with E-state index in [1.807, 2.05) is 5.48 Å². The van der Waals surface area contributed by atoms with Crippen LogP contribution in [0.4, 0.5) is 9.59 Å². The fourth-order valence-corrected chi connectivity index (χ4v) is 1.07. The monoisotopic (exact) mass is 306 g/mol. The van der Waals surface area contributed by atoms with Crippen LogP contribution in [-0.4, -0.2) is 47.8 Å². The molecule has 0 spiro atoms. The number of alkyl carbamates (subject to hydrolysis) is 1. The van der Waals surface area contributed by atoms with Gasteiger partial charge in [-0.2, -0.15) is 5.48 Å². The minimum atomic E-state index is -0.993. The lowest BCUT2D eigenvalue weighted by Crippen LogP contribution is -2.40. The summed E-state index contributed by atoms with van der Waals surface area (Å²) < 4.78 is 9.92. The van der Waals surface area contributed by atoms with Crippen molar-refractivity contribution in [3.05, 3.63) is 0 Å². The van der Waals surface area contributed by atoms with E-state index in [0.717, 1.165) is 0 Å².